The van der Waals surface area contributed by atoms with E-state index < -0.39 is 0 Å². The van der Waals surface area contributed by atoms with Crippen molar-refractivity contribution in [1.82, 2.24) is 4.90 Å². The van der Waals surface area contributed by atoms with E-state index in [-0.39, 0.29) is 23.7 Å². The highest BCUT2D eigenvalue weighted by Gasteiger charge is 2.49. The van der Waals surface area contributed by atoms with E-state index in [1.807, 2.05) is 38.1 Å². The molecular weight excluding hydrogens is 276 g/mol. The Kier molecular flexibility index (Phi) is 5.22. The molecule has 4 nitrogen and oxygen atoms in total. The molecule has 0 spiro atoms. The number of carbonyl (C=O) groups excluding carboxylic acids is 2. The molecule has 0 aliphatic heterocycles. The van der Waals surface area contributed by atoms with Crippen LogP contribution in [0.15, 0.2) is 24.3 Å². The molecular formula is C18H26N2O2. The topological polar surface area (TPSA) is 49.4 Å². The number of benzene rings is 1. The lowest BCUT2D eigenvalue weighted by molar-refractivity contribution is -0.133. The van der Waals surface area contributed by atoms with Crippen LogP contribution in [0, 0.1) is 11.8 Å². The molecule has 2 unspecified atom stereocenters. The second-order valence-corrected chi connectivity index (χ2v) is 6.19. The first kappa shape index (κ1) is 16.5. The van der Waals surface area contributed by atoms with Crippen molar-refractivity contribution in [3.63, 3.8) is 0 Å². The van der Waals surface area contributed by atoms with Gasteiger partial charge in [-0.25, -0.2) is 0 Å². The van der Waals surface area contributed by atoms with E-state index in [4.69, 9.17) is 0 Å². The lowest BCUT2D eigenvalue weighted by atomic mass is 10.0. The number of rotatable bonds is 6. The molecule has 120 valence electrons. The fraction of sp³-hybridized carbons (Fsp3) is 0.556. The van der Waals surface area contributed by atoms with Crippen LogP contribution in [-0.4, -0.2) is 29.8 Å². The largest absolute Gasteiger partial charge is 0.343 e. The van der Waals surface area contributed by atoms with Crippen molar-refractivity contribution >= 4 is 17.5 Å². The van der Waals surface area contributed by atoms with Crippen molar-refractivity contribution in [2.24, 2.45) is 11.8 Å². The molecule has 1 aromatic rings. The van der Waals surface area contributed by atoms with Gasteiger partial charge in [-0.15, -0.1) is 0 Å². The highest BCUT2D eigenvalue weighted by Crippen LogP contribution is 2.41. The number of hydrogen-bond acceptors (Lipinski definition) is 2. The second-order valence-electron chi connectivity index (χ2n) is 6.19. The van der Waals surface area contributed by atoms with Crippen molar-refractivity contribution < 1.29 is 9.59 Å². The minimum absolute atomic E-state index is 0.0291. The van der Waals surface area contributed by atoms with Gasteiger partial charge < -0.3 is 10.2 Å². The molecule has 1 aliphatic rings. The summed E-state index contributed by atoms with van der Waals surface area (Å²) in [5.41, 5.74) is 1.99. The van der Waals surface area contributed by atoms with Crippen molar-refractivity contribution in [2.45, 2.75) is 40.0 Å². The van der Waals surface area contributed by atoms with Crippen molar-refractivity contribution in [2.75, 3.05) is 18.4 Å². The van der Waals surface area contributed by atoms with Crippen LogP contribution in [0.2, 0.25) is 0 Å². The highest BCUT2D eigenvalue weighted by molar-refractivity contribution is 6.00. The van der Waals surface area contributed by atoms with E-state index in [1.165, 1.54) is 0 Å². The molecule has 1 aliphatic carbocycles. The van der Waals surface area contributed by atoms with E-state index in [0.717, 1.165) is 11.3 Å². The molecule has 1 saturated carbocycles. The number of para-hydroxylation sites is 1. The molecule has 0 heterocycles. The summed E-state index contributed by atoms with van der Waals surface area (Å²) in [5, 5.41) is 3.00. The van der Waals surface area contributed by atoms with Crippen LogP contribution in [0.25, 0.3) is 0 Å². The molecule has 1 aromatic carbocycles. The minimum Gasteiger partial charge on any atom is -0.343 e. The van der Waals surface area contributed by atoms with Gasteiger partial charge in [0.05, 0.1) is 11.8 Å². The standard InChI is InChI=1S/C18H26N2O2/c1-5-20(6-2)18(22)15-11-14(15)17(21)19-16-10-8-7-9-13(16)12(3)4/h7-10,12,14-15H,5-6,11H2,1-4H3,(H,19,21). The summed E-state index contributed by atoms with van der Waals surface area (Å²) in [6, 6.07) is 7.87. The van der Waals surface area contributed by atoms with Crippen LogP contribution in [0.4, 0.5) is 5.69 Å². The predicted octanol–water partition coefficient (Wildman–Crippen LogP) is 3.25. The molecule has 2 amide bonds. The summed E-state index contributed by atoms with van der Waals surface area (Å²) in [5.74, 6) is 0.129. The fourth-order valence-corrected chi connectivity index (χ4v) is 2.87. The van der Waals surface area contributed by atoms with E-state index in [2.05, 4.69) is 19.2 Å². The third kappa shape index (κ3) is 3.49. The fourth-order valence-electron chi connectivity index (χ4n) is 2.87. The van der Waals surface area contributed by atoms with Crippen molar-refractivity contribution in [3.8, 4) is 0 Å². The van der Waals surface area contributed by atoms with Gasteiger partial charge >= 0.3 is 0 Å². The van der Waals surface area contributed by atoms with Gasteiger partial charge in [-0.05, 0) is 37.8 Å². The number of nitrogens with zero attached hydrogens (tertiary/aromatic N) is 1. The summed E-state index contributed by atoms with van der Waals surface area (Å²) in [6.45, 7) is 9.56. The summed E-state index contributed by atoms with van der Waals surface area (Å²) in [6.07, 6.45) is 0.672. The molecule has 0 aromatic heterocycles. The van der Waals surface area contributed by atoms with Crippen molar-refractivity contribution in [1.29, 1.82) is 0 Å². The SMILES string of the molecule is CCN(CC)C(=O)C1CC1C(=O)Nc1ccccc1C(C)C. The molecule has 22 heavy (non-hydrogen) atoms. The maximum absolute atomic E-state index is 12.4. The van der Waals surface area contributed by atoms with Gasteiger partial charge in [0.2, 0.25) is 11.8 Å². The Hall–Kier alpha value is -1.84. The molecule has 0 radical (unpaired) electrons. The third-order valence-electron chi connectivity index (χ3n) is 4.36. The first-order valence-corrected chi connectivity index (χ1v) is 8.18. The van der Waals surface area contributed by atoms with Gasteiger partial charge in [-0.3, -0.25) is 9.59 Å². The number of anilines is 1. The van der Waals surface area contributed by atoms with Crippen LogP contribution >= 0.6 is 0 Å². The van der Waals surface area contributed by atoms with Crippen LogP contribution in [-0.2, 0) is 9.59 Å². The highest BCUT2D eigenvalue weighted by atomic mass is 16.2. The van der Waals surface area contributed by atoms with Gasteiger partial charge in [0.15, 0.2) is 0 Å². The smallest absolute Gasteiger partial charge is 0.228 e. The Morgan fingerprint density at radius 1 is 1.18 bits per heavy atom. The predicted molar refractivity (Wildman–Crippen MR) is 88.7 cm³/mol. The normalized spacial score (nSPS) is 19.9. The quantitative estimate of drug-likeness (QED) is 0.877. The maximum atomic E-state index is 12.4. The zero-order valence-electron chi connectivity index (χ0n) is 13.9. The Labute approximate surface area is 132 Å². The first-order valence-electron chi connectivity index (χ1n) is 8.18. The number of hydrogen-bond donors (Lipinski definition) is 1. The van der Waals surface area contributed by atoms with E-state index in [0.29, 0.717) is 25.4 Å². The Morgan fingerprint density at radius 3 is 2.41 bits per heavy atom. The molecule has 2 atom stereocenters. The van der Waals surface area contributed by atoms with Gasteiger partial charge in [-0.2, -0.15) is 0 Å². The average Bonchev–Trinajstić information content (AvgIpc) is 3.29. The van der Waals surface area contributed by atoms with Crippen LogP contribution in [0.1, 0.15) is 45.6 Å². The zero-order valence-corrected chi connectivity index (χ0v) is 13.9. The zero-order chi connectivity index (χ0) is 16.3. The van der Waals surface area contributed by atoms with Crippen LogP contribution in [0.5, 0.6) is 0 Å². The second kappa shape index (κ2) is 6.95. The van der Waals surface area contributed by atoms with Gasteiger partial charge in [0.25, 0.3) is 0 Å². The minimum atomic E-state index is -0.173. The molecule has 2 rings (SSSR count). The Balaban J connectivity index is 1.99. The Bertz CT molecular complexity index is 550. The summed E-state index contributed by atoms with van der Waals surface area (Å²) < 4.78 is 0. The number of amides is 2. The number of carbonyl (C=O) groups is 2. The van der Waals surface area contributed by atoms with Crippen LogP contribution < -0.4 is 5.32 Å². The average molecular weight is 302 g/mol. The number of nitrogens with one attached hydrogen (secondary N) is 1. The molecule has 4 heteroatoms. The summed E-state index contributed by atoms with van der Waals surface area (Å²) >= 11 is 0. The lowest BCUT2D eigenvalue weighted by Gasteiger charge is -2.18. The van der Waals surface area contributed by atoms with Crippen LogP contribution in [0.3, 0.4) is 0 Å². The van der Waals surface area contributed by atoms with Gasteiger partial charge in [0, 0.05) is 18.8 Å². The molecule has 0 bridgehead atoms. The van der Waals surface area contributed by atoms with E-state index >= 15 is 0 Å². The Morgan fingerprint density at radius 2 is 1.82 bits per heavy atom. The lowest BCUT2D eigenvalue weighted by Crippen LogP contribution is -2.33. The van der Waals surface area contributed by atoms with E-state index in [9.17, 15) is 9.59 Å². The molecule has 1 N–H and O–H groups in total. The summed E-state index contributed by atoms with van der Waals surface area (Å²) in [7, 11) is 0. The third-order valence-corrected chi connectivity index (χ3v) is 4.36. The van der Waals surface area contributed by atoms with Gasteiger partial charge in [-0.1, -0.05) is 32.0 Å². The molecule has 1 fully saturated rings. The summed E-state index contributed by atoms with van der Waals surface area (Å²) in [4.78, 5) is 26.4. The van der Waals surface area contributed by atoms with Crippen molar-refractivity contribution in [3.05, 3.63) is 29.8 Å². The van der Waals surface area contributed by atoms with E-state index in [1.54, 1.807) is 4.90 Å². The molecule has 0 saturated heterocycles. The van der Waals surface area contributed by atoms with Gasteiger partial charge in [0.1, 0.15) is 0 Å². The monoisotopic (exact) mass is 302 g/mol. The maximum Gasteiger partial charge on any atom is 0.228 e. The first-order chi connectivity index (χ1) is 10.5.